The number of nitrogens with two attached hydrogens (primary N) is 1. The number of nitriles is 1. The van der Waals surface area contributed by atoms with Crippen molar-refractivity contribution < 1.29 is 14.3 Å². The zero-order chi connectivity index (χ0) is 23.7. The van der Waals surface area contributed by atoms with Gasteiger partial charge in [0.1, 0.15) is 12.4 Å². The minimum Gasteiger partial charge on any atom is -0.493 e. The third-order valence-electron chi connectivity index (χ3n) is 6.28. The zero-order valence-corrected chi connectivity index (χ0v) is 20.5. The minimum atomic E-state index is -0.552. The van der Waals surface area contributed by atoms with Crippen molar-refractivity contribution in [2.45, 2.75) is 38.7 Å². The van der Waals surface area contributed by atoms with E-state index in [1.165, 1.54) is 5.56 Å². The summed E-state index contributed by atoms with van der Waals surface area (Å²) in [5.74, 6) is 0.977. The van der Waals surface area contributed by atoms with Crippen LogP contribution in [0.5, 0.6) is 11.5 Å². The van der Waals surface area contributed by atoms with Gasteiger partial charge in [0.25, 0.3) is 0 Å². The van der Waals surface area contributed by atoms with Gasteiger partial charge in [0.2, 0.25) is 0 Å². The monoisotopic (exact) mass is 507 g/mol. The molecule has 0 aromatic heterocycles. The normalized spacial score (nSPS) is 18.2. The fourth-order valence-electron chi connectivity index (χ4n) is 4.46. The number of ether oxygens (including phenoxy) is 2. The SMILES string of the molecule is COc1cc([C@@H]2C(C#N)=C(N)N(C)C3=C2C(=O)CCC3)c(Br)cc1OCc1ccc(C)cc1. The van der Waals surface area contributed by atoms with E-state index in [2.05, 4.69) is 22.0 Å². The summed E-state index contributed by atoms with van der Waals surface area (Å²) >= 11 is 3.65. The summed E-state index contributed by atoms with van der Waals surface area (Å²) in [5, 5.41) is 9.97. The maximum absolute atomic E-state index is 13.0. The van der Waals surface area contributed by atoms with Gasteiger partial charge in [0.05, 0.1) is 24.7 Å². The van der Waals surface area contributed by atoms with Gasteiger partial charge >= 0.3 is 0 Å². The smallest absolute Gasteiger partial charge is 0.162 e. The first-order valence-electron chi connectivity index (χ1n) is 10.8. The van der Waals surface area contributed by atoms with Crippen molar-refractivity contribution in [2.24, 2.45) is 5.73 Å². The second kappa shape index (κ2) is 9.32. The van der Waals surface area contributed by atoms with Crippen molar-refractivity contribution in [1.29, 1.82) is 5.26 Å². The Bertz CT molecular complexity index is 1210. The molecule has 1 aliphatic carbocycles. The van der Waals surface area contributed by atoms with Crippen LogP contribution in [0.15, 0.2) is 63.5 Å². The third kappa shape index (κ3) is 4.23. The Hall–Kier alpha value is -3.24. The first-order valence-corrected chi connectivity index (χ1v) is 11.6. The molecule has 0 saturated carbocycles. The molecule has 6 nitrogen and oxygen atoms in total. The number of Topliss-reactive ketones (excluding diaryl/α,β-unsaturated/α-hetero) is 1. The first kappa shape index (κ1) is 22.9. The molecule has 7 heteroatoms. The highest BCUT2D eigenvalue weighted by Gasteiger charge is 2.39. The number of rotatable bonds is 5. The van der Waals surface area contributed by atoms with Crippen LogP contribution in [0.2, 0.25) is 0 Å². The van der Waals surface area contributed by atoms with Crippen LogP contribution >= 0.6 is 15.9 Å². The van der Waals surface area contributed by atoms with E-state index in [0.717, 1.165) is 34.1 Å². The summed E-state index contributed by atoms with van der Waals surface area (Å²) in [6.45, 7) is 2.43. The molecule has 1 atom stereocenters. The molecule has 0 fully saturated rings. The Balaban J connectivity index is 1.76. The van der Waals surface area contributed by atoms with E-state index in [1.807, 2.05) is 50.4 Å². The molecule has 2 aromatic carbocycles. The molecule has 0 amide bonds. The second-order valence-electron chi connectivity index (χ2n) is 8.34. The number of hydrogen-bond acceptors (Lipinski definition) is 6. The number of aryl methyl sites for hydroxylation is 1. The predicted molar refractivity (Wildman–Crippen MR) is 129 cm³/mol. The van der Waals surface area contributed by atoms with Crippen LogP contribution < -0.4 is 15.2 Å². The first-order chi connectivity index (χ1) is 15.8. The van der Waals surface area contributed by atoms with Crippen LogP contribution in [0.3, 0.4) is 0 Å². The molecule has 4 rings (SSSR count). The van der Waals surface area contributed by atoms with E-state index >= 15 is 0 Å². The number of hydrogen-bond donors (Lipinski definition) is 1. The molecule has 2 aliphatic rings. The molecule has 2 N–H and O–H groups in total. The van der Waals surface area contributed by atoms with E-state index in [4.69, 9.17) is 15.2 Å². The fraction of sp³-hybridized carbons (Fsp3) is 0.308. The molecule has 33 heavy (non-hydrogen) atoms. The molecular weight excluding hydrogens is 482 g/mol. The van der Waals surface area contributed by atoms with Crippen LogP contribution in [-0.4, -0.2) is 24.8 Å². The van der Waals surface area contributed by atoms with Gasteiger partial charge in [0.15, 0.2) is 17.3 Å². The molecule has 170 valence electrons. The molecule has 0 saturated heterocycles. The lowest BCUT2D eigenvalue weighted by atomic mass is 9.76. The average molecular weight is 508 g/mol. The van der Waals surface area contributed by atoms with Gasteiger partial charge in [-0.2, -0.15) is 5.26 Å². The molecular formula is C26H26BrN3O3. The van der Waals surface area contributed by atoms with Crippen molar-refractivity contribution >= 4 is 21.7 Å². The van der Waals surface area contributed by atoms with Crippen LogP contribution in [0.25, 0.3) is 0 Å². The summed E-state index contributed by atoms with van der Waals surface area (Å²) in [6, 6.07) is 14.1. The number of allylic oxidation sites excluding steroid dienone is 3. The molecule has 0 radical (unpaired) electrons. The lowest BCUT2D eigenvalue weighted by Crippen LogP contribution is -2.36. The van der Waals surface area contributed by atoms with Gasteiger partial charge in [-0.1, -0.05) is 45.8 Å². The maximum Gasteiger partial charge on any atom is 0.162 e. The minimum absolute atomic E-state index is 0.0546. The zero-order valence-electron chi connectivity index (χ0n) is 18.9. The molecule has 0 unspecified atom stereocenters. The number of benzene rings is 2. The van der Waals surface area contributed by atoms with Gasteiger partial charge in [0, 0.05) is 29.2 Å². The summed E-state index contributed by atoms with van der Waals surface area (Å²) < 4.78 is 12.4. The molecule has 0 bridgehead atoms. The number of nitrogens with zero attached hydrogens (tertiary/aromatic N) is 2. The lowest BCUT2D eigenvalue weighted by Gasteiger charge is -2.38. The van der Waals surface area contributed by atoms with Gasteiger partial charge in [-0.05, 0) is 43.0 Å². The summed E-state index contributed by atoms with van der Waals surface area (Å²) in [6.07, 6.45) is 1.99. The quantitative estimate of drug-likeness (QED) is 0.607. The standard InChI is InChI=1S/C26H26BrN3O3/c1-15-7-9-16(10-8-15)14-33-23-12-19(27)17(11-22(23)32-3)24-18(13-28)26(29)30(2)20-5-4-6-21(31)25(20)24/h7-12,24H,4-6,14,29H2,1-3H3/t24-/m1/s1. The van der Waals surface area contributed by atoms with E-state index < -0.39 is 5.92 Å². The van der Waals surface area contributed by atoms with Crippen LogP contribution in [-0.2, 0) is 11.4 Å². The van der Waals surface area contributed by atoms with Crippen molar-refractivity contribution in [1.82, 2.24) is 4.90 Å². The van der Waals surface area contributed by atoms with Crippen molar-refractivity contribution in [3.8, 4) is 17.6 Å². The molecule has 2 aromatic rings. The highest BCUT2D eigenvalue weighted by atomic mass is 79.9. The van der Waals surface area contributed by atoms with E-state index in [9.17, 15) is 10.1 Å². The summed E-state index contributed by atoms with van der Waals surface area (Å²) in [4.78, 5) is 14.8. The number of ketones is 1. The number of methoxy groups -OCH3 is 1. The topological polar surface area (TPSA) is 88.6 Å². The van der Waals surface area contributed by atoms with E-state index in [1.54, 1.807) is 12.0 Å². The largest absolute Gasteiger partial charge is 0.493 e. The van der Waals surface area contributed by atoms with Crippen molar-refractivity contribution in [3.63, 3.8) is 0 Å². The Morgan fingerprint density at radius 3 is 2.61 bits per heavy atom. The Kier molecular flexibility index (Phi) is 6.48. The number of halogens is 1. The van der Waals surface area contributed by atoms with E-state index in [-0.39, 0.29) is 5.78 Å². The number of carbonyl (C=O) groups excluding carboxylic acids is 1. The third-order valence-corrected chi connectivity index (χ3v) is 6.96. The van der Waals surface area contributed by atoms with Gasteiger partial charge < -0.3 is 20.1 Å². The average Bonchev–Trinajstić information content (AvgIpc) is 2.81. The van der Waals surface area contributed by atoms with Crippen LogP contribution in [0.1, 0.15) is 41.9 Å². The predicted octanol–water partition coefficient (Wildman–Crippen LogP) is 5.08. The van der Waals surface area contributed by atoms with Gasteiger partial charge in [-0.3, -0.25) is 4.79 Å². The Labute approximate surface area is 202 Å². The highest BCUT2D eigenvalue weighted by Crippen LogP contribution is 2.48. The van der Waals surface area contributed by atoms with Crippen LogP contribution in [0, 0.1) is 18.3 Å². The number of carbonyl (C=O) groups is 1. The summed E-state index contributed by atoms with van der Waals surface area (Å²) in [5.41, 5.74) is 11.2. The van der Waals surface area contributed by atoms with E-state index in [0.29, 0.717) is 41.5 Å². The second-order valence-corrected chi connectivity index (χ2v) is 9.19. The Morgan fingerprint density at radius 1 is 1.21 bits per heavy atom. The van der Waals surface area contributed by atoms with Gasteiger partial charge in [-0.15, -0.1) is 0 Å². The van der Waals surface area contributed by atoms with Crippen molar-refractivity contribution in [2.75, 3.05) is 14.2 Å². The fourth-order valence-corrected chi connectivity index (χ4v) is 5.01. The molecule has 1 heterocycles. The van der Waals surface area contributed by atoms with Gasteiger partial charge in [-0.25, -0.2) is 0 Å². The molecule has 0 spiro atoms. The van der Waals surface area contributed by atoms with Crippen molar-refractivity contribution in [3.05, 3.63) is 80.2 Å². The highest BCUT2D eigenvalue weighted by molar-refractivity contribution is 9.10. The summed E-state index contributed by atoms with van der Waals surface area (Å²) in [7, 11) is 3.39. The Morgan fingerprint density at radius 2 is 1.94 bits per heavy atom. The van der Waals surface area contributed by atoms with Crippen LogP contribution in [0.4, 0.5) is 0 Å². The molecule has 1 aliphatic heterocycles. The lowest BCUT2D eigenvalue weighted by molar-refractivity contribution is -0.116. The maximum atomic E-state index is 13.0.